The highest BCUT2D eigenvalue weighted by Gasteiger charge is 2.40. The number of β-amino-alcohol motifs (C(OH)–C–C–N with tert-alkyl or cyclic N) is 1. The zero-order valence-corrected chi connectivity index (χ0v) is 25.3. The fraction of sp³-hybridized carbons (Fsp3) is 0.548. The van der Waals surface area contributed by atoms with Crippen molar-refractivity contribution >= 4 is 17.4 Å². The van der Waals surface area contributed by atoms with Crippen LogP contribution in [0.4, 0.5) is 24.7 Å². The standard InChI is InChI=1S/C31H38F3N7O4/c1-3-27(43)41-15-14-40(18-21(41)9-11-35)29-23-10-13-39(25-7-4-8-26(44-2)28(25)31(32,33)34)19-24(23)36-30(37-29)45-20-22-6-5-12-38(22)16-17-42/h3-4,7-8,21-22,42H,1,5-6,9-10,12-20H2,2H3/t21-,22-/m0/s1. The number of aliphatic hydroxyl groups excluding tert-OH is 1. The van der Waals surface area contributed by atoms with E-state index in [1.807, 2.05) is 4.90 Å². The van der Waals surface area contributed by atoms with Crippen LogP contribution in [0.1, 0.15) is 36.1 Å². The lowest BCUT2D eigenvalue weighted by atomic mass is 10.0. The van der Waals surface area contributed by atoms with Crippen molar-refractivity contribution in [3.05, 3.63) is 47.7 Å². The minimum atomic E-state index is -4.63. The smallest absolute Gasteiger partial charge is 0.421 e. The van der Waals surface area contributed by atoms with E-state index in [1.165, 1.54) is 31.4 Å². The summed E-state index contributed by atoms with van der Waals surface area (Å²) in [6, 6.07) is 6.25. The molecule has 2 saturated heterocycles. The van der Waals surface area contributed by atoms with Gasteiger partial charge in [0.15, 0.2) is 0 Å². The van der Waals surface area contributed by atoms with Crippen LogP contribution in [0.15, 0.2) is 30.9 Å². The van der Waals surface area contributed by atoms with Crippen LogP contribution < -0.4 is 19.3 Å². The summed E-state index contributed by atoms with van der Waals surface area (Å²) >= 11 is 0. The fourth-order valence-electron chi connectivity index (χ4n) is 6.57. The van der Waals surface area contributed by atoms with E-state index in [-0.39, 0.29) is 61.6 Å². The molecule has 0 bridgehead atoms. The van der Waals surface area contributed by atoms with Crippen molar-refractivity contribution in [3.63, 3.8) is 0 Å². The van der Waals surface area contributed by atoms with E-state index in [0.717, 1.165) is 24.9 Å². The number of amides is 1. The van der Waals surface area contributed by atoms with Gasteiger partial charge >= 0.3 is 12.2 Å². The van der Waals surface area contributed by atoms with Gasteiger partial charge in [0.25, 0.3) is 0 Å². The number of benzene rings is 1. The van der Waals surface area contributed by atoms with Gasteiger partial charge in [-0.3, -0.25) is 9.69 Å². The summed E-state index contributed by atoms with van der Waals surface area (Å²) in [6.45, 7) is 6.84. The van der Waals surface area contributed by atoms with Gasteiger partial charge in [0, 0.05) is 44.3 Å². The molecule has 1 amide bonds. The second-order valence-electron chi connectivity index (χ2n) is 11.3. The van der Waals surface area contributed by atoms with E-state index in [0.29, 0.717) is 50.7 Å². The average molecular weight is 630 g/mol. The number of piperazine rings is 1. The number of hydrogen-bond donors (Lipinski definition) is 1. The minimum absolute atomic E-state index is 0.00590. The number of methoxy groups -OCH3 is 1. The number of hydrogen-bond acceptors (Lipinski definition) is 10. The third-order valence-corrected chi connectivity index (χ3v) is 8.73. The number of carbonyl (C=O) groups is 1. The summed E-state index contributed by atoms with van der Waals surface area (Å²) in [7, 11) is 1.22. The molecule has 0 spiro atoms. The first-order valence-corrected chi connectivity index (χ1v) is 15.1. The van der Waals surface area contributed by atoms with E-state index in [4.69, 9.17) is 19.4 Å². The van der Waals surface area contributed by atoms with Crippen LogP contribution in [0.5, 0.6) is 11.8 Å². The van der Waals surface area contributed by atoms with Crippen molar-refractivity contribution in [1.29, 1.82) is 5.26 Å². The number of nitriles is 1. The predicted octanol–water partition coefficient (Wildman–Crippen LogP) is 3.02. The maximum atomic E-state index is 14.2. The quantitative estimate of drug-likeness (QED) is 0.393. The zero-order valence-electron chi connectivity index (χ0n) is 25.3. The Kier molecular flexibility index (Phi) is 9.99. The molecule has 1 aromatic carbocycles. The Labute approximate surface area is 260 Å². The number of rotatable bonds is 10. The number of anilines is 2. The van der Waals surface area contributed by atoms with E-state index < -0.39 is 11.7 Å². The summed E-state index contributed by atoms with van der Waals surface area (Å²) in [5.41, 5.74) is 0.523. The van der Waals surface area contributed by atoms with E-state index in [2.05, 4.69) is 17.5 Å². The predicted molar refractivity (Wildman–Crippen MR) is 160 cm³/mol. The molecule has 45 heavy (non-hydrogen) atoms. The molecular weight excluding hydrogens is 591 g/mol. The molecule has 3 aliphatic rings. The second kappa shape index (κ2) is 13.9. The molecule has 0 aliphatic carbocycles. The molecule has 1 N–H and O–H groups in total. The lowest BCUT2D eigenvalue weighted by molar-refractivity contribution is -0.138. The maximum absolute atomic E-state index is 14.2. The maximum Gasteiger partial charge on any atom is 0.421 e. The molecule has 4 heterocycles. The molecule has 3 aliphatic heterocycles. The number of halogens is 3. The van der Waals surface area contributed by atoms with E-state index in [9.17, 15) is 28.3 Å². The molecular formula is C31H38F3N7O4. The van der Waals surface area contributed by atoms with Crippen LogP contribution in [0.25, 0.3) is 0 Å². The summed E-state index contributed by atoms with van der Waals surface area (Å²) < 4.78 is 53.9. The van der Waals surface area contributed by atoms with Crippen LogP contribution in [-0.4, -0.2) is 102 Å². The molecule has 2 aromatic rings. The Morgan fingerprint density at radius 2 is 2.02 bits per heavy atom. The number of aromatic nitrogens is 2. The largest absolute Gasteiger partial charge is 0.496 e. The highest BCUT2D eigenvalue weighted by atomic mass is 19.4. The topological polar surface area (TPSA) is 118 Å². The fourth-order valence-corrected chi connectivity index (χ4v) is 6.57. The Morgan fingerprint density at radius 3 is 2.73 bits per heavy atom. The van der Waals surface area contributed by atoms with E-state index in [1.54, 1.807) is 9.80 Å². The molecule has 1 aromatic heterocycles. The summed E-state index contributed by atoms with van der Waals surface area (Å²) in [4.78, 5) is 29.5. The normalized spacial score (nSPS) is 20.5. The highest BCUT2D eigenvalue weighted by molar-refractivity contribution is 5.87. The van der Waals surface area contributed by atoms with Gasteiger partial charge in [-0.15, -0.1) is 0 Å². The Morgan fingerprint density at radius 1 is 1.20 bits per heavy atom. The zero-order chi connectivity index (χ0) is 32.1. The van der Waals surface area contributed by atoms with Gasteiger partial charge in [0.05, 0.1) is 50.2 Å². The highest BCUT2D eigenvalue weighted by Crippen LogP contribution is 2.44. The molecule has 5 rings (SSSR count). The number of fused-ring (bicyclic) bond motifs is 1. The van der Waals surface area contributed by atoms with Gasteiger partial charge < -0.3 is 29.3 Å². The number of nitrogens with zero attached hydrogens (tertiary/aromatic N) is 7. The number of carbonyl (C=O) groups excluding carboxylic acids is 1. The number of ether oxygens (including phenoxy) is 2. The molecule has 11 nitrogen and oxygen atoms in total. The van der Waals surface area contributed by atoms with Gasteiger partial charge in [-0.1, -0.05) is 12.6 Å². The Bertz CT molecular complexity index is 1430. The Hall–Kier alpha value is -4.09. The molecule has 2 atom stereocenters. The lowest BCUT2D eigenvalue weighted by Gasteiger charge is -2.42. The molecule has 0 radical (unpaired) electrons. The van der Waals surface area contributed by atoms with Crippen molar-refractivity contribution in [2.75, 3.05) is 69.4 Å². The van der Waals surface area contributed by atoms with Crippen LogP contribution in [0.3, 0.4) is 0 Å². The second-order valence-corrected chi connectivity index (χ2v) is 11.3. The van der Waals surface area contributed by atoms with Gasteiger partial charge in [0.2, 0.25) is 5.91 Å². The first-order chi connectivity index (χ1) is 21.7. The number of aliphatic hydroxyl groups is 1. The van der Waals surface area contributed by atoms with Crippen LogP contribution in [0, 0.1) is 11.3 Å². The van der Waals surface area contributed by atoms with Crippen molar-refractivity contribution in [2.24, 2.45) is 0 Å². The van der Waals surface area contributed by atoms with Crippen molar-refractivity contribution in [3.8, 4) is 17.8 Å². The average Bonchev–Trinajstić information content (AvgIpc) is 3.49. The third-order valence-electron chi connectivity index (χ3n) is 8.73. The van der Waals surface area contributed by atoms with E-state index >= 15 is 0 Å². The van der Waals surface area contributed by atoms with Crippen molar-refractivity contribution in [2.45, 2.75) is 50.5 Å². The third kappa shape index (κ3) is 6.94. The van der Waals surface area contributed by atoms with Gasteiger partial charge in [-0.05, 0) is 44.0 Å². The van der Waals surface area contributed by atoms with Crippen LogP contribution in [0.2, 0.25) is 0 Å². The van der Waals surface area contributed by atoms with Gasteiger partial charge in [-0.2, -0.15) is 28.4 Å². The van der Waals surface area contributed by atoms with Crippen LogP contribution >= 0.6 is 0 Å². The summed E-state index contributed by atoms with van der Waals surface area (Å²) in [5, 5.41) is 18.9. The molecule has 0 saturated carbocycles. The minimum Gasteiger partial charge on any atom is -0.496 e. The molecule has 0 unspecified atom stereocenters. The van der Waals surface area contributed by atoms with Crippen LogP contribution in [-0.2, 0) is 23.9 Å². The first-order valence-electron chi connectivity index (χ1n) is 15.1. The Balaban J connectivity index is 1.49. The first kappa shape index (κ1) is 32.3. The number of alkyl halides is 3. The van der Waals surface area contributed by atoms with Gasteiger partial charge in [0.1, 0.15) is 23.7 Å². The van der Waals surface area contributed by atoms with Crippen molar-refractivity contribution < 1.29 is 32.5 Å². The SMILES string of the molecule is C=CC(=O)N1CCN(c2nc(OC[C@@H]3CCCN3CCO)nc3c2CCN(c2cccc(OC)c2C(F)(F)F)C3)C[C@@H]1CC#N. The summed E-state index contributed by atoms with van der Waals surface area (Å²) in [6.07, 6.45) is -1.01. The molecule has 242 valence electrons. The lowest BCUT2D eigenvalue weighted by Crippen LogP contribution is -2.55. The molecule has 2 fully saturated rings. The monoisotopic (exact) mass is 629 g/mol. The molecule has 14 heteroatoms. The van der Waals surface area contributed by atoms with Gasteiger partial charge in [-0.25, -0.2) is 0 Å². The van der Waals surface area contributed by atoms with Crippen molar-refractivity contribution in [1.82, 2.24) is 19.8 Å². The number of likely N-dealkylation sites (tertiary alicyclic amines) is 1. The summed E-state index contributed by atoms with van der Waals surface area (Å²) in [5.74, 6) is 0.100.